The van der Waals surface area contributed by atoms with Gasteiger partial charge in [-0.25, -0.2) is 0 Å². The number of nitrogens with two attached hydrogens (primary N) is 1. The van der Waals surface area contributed by atoms with E-state index in [1.54, 1.807) is 12.1 Å². The lowest BCUT2D eigenvalue weighted by atomic mass is 10.1. The number of H-pyrrole nitrogens is 1. The van der Waals surface area contributed by atoms with E-state index in [4.69, 9.17) is 22.1 Å². The van der Waals surface area contributed by atoms with Crippen LogP contribution >= 0.6 is 11.6 Å². The Morgan fingerprint density at radius 1 is 1.14 bits per heavy atom. The molecule has 3 aromatic rings. The monoisotopic (exact) mass is 313 g/mol. The molecule has 0 aliphatic heterocycles. The topological polar surface area (TPSA) is 63.9 Å². The van der Waals surface area contributed by atoms with Crippen molar-refractivity contribution in [3.8, 4) is 17.0 Å². The van der Waals surface area contributed by atoms with Gasteiger partial charge in [-0.05, 0) is 49.4 Å². The van der Waals surface area contributed by atoms with Crippen LogP contribution in [0.4, 0.5) is 5.69 Å². The lowest BCUT2D eigenvalue weighted by Gasteiger charge is -2.12. The van der Waals surface area contributed by atoms with Crippen LogP contribution in [0.15, 0.2) is 54.6 Å². The Hall–Kier alpha value is -2.46. The summed E-state index contributed by atoms with van der Waals surface area (Å²) in [6.07, 6.45) is -0.150. The fourth-order valence-corrected chi connectivity index (χ4v) is 2.30. The predicted octanol–water partition coefficient (Wildman–Crippen LogP) is 4.45. The van der Waals surface area contributed by atoms with E-state index < -0.39 is 0 Å². The number of nitrogens with zero attached hydrogens (tertiary/aromatic N) is 1. The molecule has 0 amide bonds. The van der Waals surface area contributed by atoms with E-state index in [0.717, 1.165) is 22.7 Å². The van der Waals surface area contributed by atoms with E-state index >= 15 is 0 Å². The summed E-state index contributed by atoms with van der Waals surface area (Å²) in [4.78, 5) is 0. The molecule has 2 aromatic carbocycles. The van der Waals surface area contributed by atoms with E-state index in [1.807, 2.05) is 49.4 Å². The third-order valence-corrected chi connectivity index (χ3v) is 3.60. The average Bonchev–Trinajstić information content (AvgIpc) is 3.00. The fraction of sp³-hybridized carbons (Fsp3) is 0.118. The quantitative estimate of drug-likeness (QED) is 0.699. The van der Waals surface area contributed by atoms with Crippen LogP contribution in [0, 0.1) is 0 Å². The van der Waals surface area contributed by atoms with Crippen molar-refractivity contribution >= 4 is 17.3 Å². The van der Waals surface area contributed by atoms with Crippen LogP contribution in [0.25, 0.3) is 11.3 Å². The lowest BCUT2D eigenvalue weighted by molar-refractivity contribution is 0.222. The van der Waals surface area contributed by atoms with E-state index in [1.165, 1.54) is 0 Å². The Kier molecular flexibility index (Phi) is 4.02. The van der Waals surface area contributed by atoms with E-state index in [0.29, 0.717) is 10.7 Å². The number of anilines is 1. The van der Waals surface area contributed by atoms with Crippen molar-refractivity contribution in [3.05, 3.63) is 65.3 Å². The molecular weight excluding hydrogens is 298 g/mol. The van der Waals surface area contributed by atoms with Crippen LogP contribution in [-0.2, 0) is 0 Å². The van der Waals surface area contributed by atoms with Crippen LogP contribution in [0.5, 0.6) is 5.75 Å². The molecule has 0 radical (unpaired) electrons. The zero-order valence-electron chi connectivity index (χ0n) is 12.1. The van der Waals surface area contributed by atoms with Crippen LogP contribution < -0.4 is 10.5 Å². The van der Waals surface area contributed by atoms with Gasteiger partial charge in [0.25, 0.3) is 0 Å². The van der Waals surface area contributed by atoms with Crippen LogP contribution in [0.2, 0.25) is 5.02 Å². The molecule has 1 atom stereocenters. The maximum absolute atomic E-state index is 5.87. The van der Waals surface area contributed by atoms with Crippen molar-refractivity contribution < 1.29 is 4.74 Å². The second kappa shape index (κ2) is 6.12. The Balaban J connectivity index is 1.76. The second-order valence-corrected chi connectivity index (χ2v) is 5.48. The smallest absolute Gasteiger partial charge is 0.137 e. The van der Waals surface area contributed by atoms with Gasteiger partial charge in [0, 0.05) is 16.3 Å². The van der Waals surface area contributed by atoms with Gasteiger partial charge in [-0.15, -0.1) is 0 Å². The minimum Gasteiger partial charge on any atom is -0.484 e. The maximum atomic E-state index is 5.87. The molecule has 0 aliphatic rings. The van der Waals surface area contributed by atoms with Crippen LogP contribution in [-0.4, -0.2) is 10.2 Å². The second-order valence-electron chi connectivity index (χ2n) is 5.05. The summed E-state index contributed by atoms with van der Waals surface area (Å²) in [5.74, 6) is 0.761. The van der Waals surface area contributed by atoms with Crippen molar-refractivity contribution in [2.45, 2.75) is 13.0 Å². The summed E-state index contributed by atoms with van der Waals surface area (Å²) in [5, 5.41) is 8.02. The predicted molar refractivity (Wildman–Crippen MR) is 88.9 cm³/mol. The number of ether oxygens (including phenoxy) is 1. The first-order valence-corrected chi connectivity index (χ1v) is 7.33. The van der Waals surface area contributed by atoms with Gasteiger partial charge >= 0.3 is 0 Å². The minimum absolute atomic E-state index is 0.150. The highest BCUT2D eigenvalue weighted by molar-refractivity contribution is 6.30. The average molecular weight is 314 g/mol. The fourth-order valence-electron chi connectivity index (χ4n) is 2.17. The van der Waals surface area contributed by atoms with Crippen LogP contribution in [0.1, 0.15) is 18.7 Å². The van der Waals surface area contributed by atoms with Gasteiger partial charge in [0.15, 0.2) is 0 Å². The number of aromatic amines is 1. The van der Waals surface area contributed by atoms with Crippen molar-refractivity contribution in [3.63, 3.8) is 0 Å². The van der Waals surface area contributed by atoms with Gasteiger partial charge in [0.1, 0.15) is 11.9 Å². The molecular formula is C17H16ClN3O. The zero-order chi connectivity index (χ0) is 15.5. The standard InChI is InChI=1S/C17H16ClN3O/c1-11(22-15-7-5-13(18)6-8-15)16-10-17(21-20-16)12-3-2-4-14(19)9-12/h2-11H,19H2,1H3,(H,20,21). The summed E-state index contributed by atoms with van der Waals surface area (Å²) >= 11 is 5.87. The number of hydrogen-bond donors (Lipinski definition) is 2. The highest BCUT2D eigenvalue weighted by atomic mass is 35.5. The molecule has 3 rings (SSSR count). The molecule has 3 N–H and O–H groups in total. The zero-order valence-corrected chi connectivity index (χ0v) is 12.8. The van der Waals surface area contributed by atoms with Gasteiger partial charge in [-0.2, -0.15) is 5.10 Å². The molecule has 0 aliphatic carbocycles. The molecule has 0 spiro atoms. The summed E-state index contributed by atoms with van der Waals surface area (Å²) in [5.41, 5.74) is 9.23. The highest BCUT2D eigenvalue weighted by Gasteiger charge is 2.12. The number of nitrogens with one attached hydrogen (secondary N) is 1. The van der Waals surface area contributed by atoms with Gasteiger partial charge in [-0.3, -0.25) is 5.10 Å². The van der Waals surface area contributed by atoms with Gasteiger partial charge in [0.2, 0.25) is 0 Å². The highest BCUT2D eigenvalue weighted by Crippen LogP contribution is 2.25. The van der Waals surface area contributed by atoms with Crippen molar-refractivity contribution in [1.82, 2.24) is 10.2 Å². The first kappa shape index (κ1) is 14.5. The van der Waals surface area contributed by atoms with Crippen molar-refractivity contribution in [2.24, 2.45) is 0 Å². The number of benzene rings is 2. The normalized spacial score (nSPS) is 12.1. The molecule has 0 saturated carbocycles. The largest absolute Gasteiger partial charge is 0.484 e. The molecule has 1 aromatic heterocycles. The number of hydrogen-bond acceptors (Lipinski definition) is 3. The molecule has 1 heterocycles. The first-order chi connectivity index (χ1) is 10.6. The number of aromatic nitrogens is 2. The summed E-state index contributed by atoms with van der Waals surface area (Å²) < 4.78 is 5.87. The van der Waals surface area contributed by atoms with Crippen LogP contribution in [0.3, 0.4) is 0 Å². The Bertz CT molecular complexity index is 768. The Labute approximate surface area is 133 Å². The molecule has 5 heteroatoms. The van der Waals surface area contributed by atoms with Gasteiger partial charge in [0.05, 0.1) is 11.4 Å². The number of rotatable bonds is 4. The molecule has 4 nitrogen and oxygen atoms in total. The number of nitrogen functional groups attached to an aromatic ring is 1. The lowest BCUT2D eigenvalue weighted by Crippen LogP contribution is -2.03. The molecule has 0 saturated heterocycles. The summed E-state index contributed by atoms with van der Waals surface area (Å²) in [6, 6.07) is 16.9. The maximum Gasteiger partial charge on any atom is 0.137 e. The molecule has 1 unspecified atom stereocenters. The molecule has 22 heavy (non-hydrogen) atoms. The SMILES string of the molecule is CC(Oc1ccc(Cl)cc1)c1cc(-c2cccc(N)c2)n[nH]1. The third kappa shape index (κ3) is 3.23. The van der Waals surface area contributed by atoms with E-state index in [2.05, 4.69) is 10.2 Å². The third-order valence-electron chi connectivity index (χ3n) is 3.34. The Morgan fingerprint density at radius 3 is 2.64 bits per heavy atom. The van der Waals surface area contributed by atoms with Crippen molar-refractivity contribution in [2.75, 3.05) is 5.73 Å². The van der Waals surface area contributed by atoms with Gasteiger partial charge < -0.3 is 10.5 Å². The molecule has 0 bridgehead atoms. The molecule has 112 valence electrons. The minimum atomic E-state index is -0.150. The van der Waals surface area contributed by atoms with Crippen molar-refractivity contribution in [1.29, 1.82) is 0 Å². The van der Waals surface area contributed by atoms with E-state index in [-0.39, 0.29) is 6.10 Å². The number of halogens is 1. The van der Waals surface area contributed by atoms with E-state index in [9.17, 15) is 0 Å². The summed E-state index contributed by atoms with van der Waals surface area (Å²) in [6.45, 7) is 1.96. The molecule has 0 fully saturated rings. The Morgan fingerprint density at radius 2 is 1.91 bits per heavy atom. The summed E-state index contributed by atoms with van der Waals surface area (Å²) in [7, 11) is 0. The first-order valence-electron chi connectivity index (χ1n) is 6.95. The van der Waals surface area contributed by atoms with Gasteiger partial charge in [-0.1, -0.05) is 23.7 Å².